The molecule has 24 nitrogen and oxygen atoms in total. The topological polar surface area (TPSA) is 267 Å². The van der Waals surface area contributed by atoms with Crippen molar-refractivity contribution in [1.29, 1.82) is 0 Å². The molecule has 0 spiro atoms. The second kappa shape index (κ2) is 25.5. The summed E-state index contributed by atoms with van der Waals surface area (Å²) >= 11 is 10.5. The molecule has 0 radical (unpaired) electrons. The van der Waals surface area contributed by atoms with Crippen molar-refractivity contribution in [2.75, 3.05) is 39.3 Å². The van der Waals surface area contributed by atoms with Crippen molar-refractivity contribution < 1.29 is 28.6 Å². The number of carbonyl (C=O) groups excluding carboxylic acids is 3. The Labute approximate surface area is 529 Å². The second-order valence-corrected chi connectivity index (χ2v) is 27.7. The maximum Gasteiger partial charge on any atom is 0.410 e. The van der Waals surface area contributed by atoms with Crippen LogP contribution in [0.15, 0.2) is 68.4 Å². The van der Waals surface area contributed by atoms with Crippen LogP contribution >= 0.6 is 47.8 Å². The maximum absolute atomic E-state index is 12.5. The summed E-state index contributed by atoms with van der Waals surface area (Å²) < 4.78 is 24.5. The molecule has 3 saturated heterocycles. The Morgan fingerprint density at radius 2 is 0.885 bits per heavy atom. The number of benzene rings is 3. The number of hydrogen-bond acceptors (Lipinski definition) is 15. The maximum atomic E-state index is 12.5. The first kappa shape index (κ1) is 62.8. The number of H-pyrrole nitrogens is 3. The number of piperidine rings is 3. The number of nitrogens with one attached hydrogen (secondary N) is 3. The number of amides is 3. The number of hydrogen-bond donors (Lipinski definition) is 3. The number of rotatable bonds is 6. The van der Waals surface area contributed by atoms with Gasteiger partial charge in [-0.15, -0.1) is 0 Å². The van der Waals surface area contributed by atoms with Crippen molar-refractivity contribution in [3.8, 4) is 34.2 Å². The molecule has 462 valence electrons. The van der Waals surface area contributed by atoms with Gasteiger partial charge in [0.2, 0.25) is 0 Å². The first-order chi connectivity index (χ1) is 41.1. The molecular weight excluding hydrogens is 1310 g/mol. The van der Waals surface area contributed by atoms with Gasteiger partial charge in [0.25, 0.3) is 0 Å². The Kier molecular flexibility index (Phi) is 18.4. The molecule has 3 N–H and O–H groups in total. The molecule has 0 aliphatic carbocycles. The average Bonchev–Trinajstić information content (AvgIpc) is 1.94. The number of likely N-dealkylation sites (tertiary alicyclic amines) is 3. The molecule has 0 bridgehead atoms. The van der Waals surface area contributed by atoms with E-state index in [1.165, 1.54) is 0 Å². The largest absolute Gasteiger partial charge is 0.444 e. The monoisotopic (exact) mass is 1380 g/mol. The molecule has 3 aliphatic rings. The van der Waals surface area contributed by atoms with Crippen molar-refractivity contribution >= 4 is 98.8 Å². The molecule has 0 saturated carbocycles. The third-order valence-electron chi connectivity index (χ3n) is 15.1. The van der Waals surface area contributed by atoms with E-state index < -0.39 is 16.8 Å². The van der Waals surface area contributed by atoms with Gasteiger partial charge in [-0.1, -0.05) is 0 Å². The molecule has 27 heteroatoms. The van der Waals surface area contributed by atoms with Crippen molar-refractivity contribution in [3.05, 3.63) is 85.9 Å². The van der Waals surface area contributed by atoms with Crippen LogP contribution < -0.4 is 0 Å². The van der Waals surface area contributed by atoms with Crippen LogP contribution in [0.2, 0.25) is 0 Å². The van der Waals surface area contributed by atoms with E-state index >= 15 is 0 Å². The minimum atomic E-state index is -0.499. The molecule has 3 aromatic carbocycles. The number of fused-ring (bicyclic) bond motifs is 3. The minimum absolute atomic E-state index is 0.117. The lowest BCUT2D eigenvalue weighted by molar-refractivity contribution is 0.0185. The molecule has 0 unspecified atom stereocenters. The first-order valence-corrected chi connectivity index (χ1v) is 31.6. The molecule has 6 aromatic heterocycles. The van der Waals surface area contributed by atoms with E-state index in [1.54, 1.807) is 14.7 Å². The normalized spacial score (nSPS) is 17.7. The summed E-state index contributed by atoms with van der Waals surface area (Å²) in [4.78, 5) is 56.9. The highest BCUT2D eigenvalue weighted by molar-refractivity contribution is 9.11. The lowest BCUT2D eigenvalue weighted by Crippen LogP contribution is -2.42. The Bertz CT molecular complexity index is 3950. The standard InChI is InChI=1S/C21H27BrN6O2.C20H25BrN6O2.C19H23BrN6O2/c1-21(2,3)30-20(29)28-10-6-7-14(12-28)19-23-18(25-27(19)5)13-8-9-16-15(11-13)17(22)24-26(16)4;1-20(2,3)29-19(28)27-9-5-6-13(11-27)18-22-17(23-24-18)12-7-8-15-14(10-12)16(21)25-26(15)4;1-19(2,3)28-18(27)26-8-4-5-12(10-26)17-21-16(24-25-17)11-6-7-14-13(9-11)15(20)23-22-14/h8-9,11,14H,6-7,10,12H2,1-5H3;7-8,10,13H,5-6,9,11H2,1-4H3,(H,22,23,24);6-7,9,12H,4-5,8,10H2,1-3H3,(H,22,23)(H,21,24,25)/t14-;13-;12-/m111/s1. The SMILES string of the molecule is CC(C)(C)OC(=O)N1CCC[C@@H](c2nc(-c3ccc4n[nH]c(Br)c4c3)n[nH]2)C1.Cn1nc(-c2ccc3c(c2)c(Br)nn3C)nc1[C@@H]1CCCN(C(=O)OC(C)(C)C)C1.Cn1nc(Br)c2cc(-c3n[nH]c([C@@H]4CCCN(C(=O)OC(C)(C)C)C4)n3)ccc21. The van der Waals surface area contributed by atoms with E-state index in [2.05, 4.69) is 99.7 Å². The Morgan fingerprint density at radius 3 is 1.33 bits per heavy atom. The van der Waals surface area contributed by atoms with Crippen LogP contribution in [-0.2, 0) is 35.4 Å². The fourth-order valence-corrected chi connectivity index (χ4v) is 12.5. The van der Waals surface area contributed by atoms with E-state index in [0.717, 1.165) is 119 Å². The van der Waals surface area contributed by atoms with Gasteiger partial charge in [0, 0.05) is 111 Å². The summed E-state index contributed by atoms with van der Waals surface area (Å²) in [6.45, 7) is 20.8. The number of nitrogens with zero attached hydrogens (tertiary/aromatic N) is 15. The summed E-state index contributed by atoms with van der Waals surface area (Å²) in [6.07, 6.45) is 4.82. The molecule has 3 atom stereocenters. The average molecular weight is 1380 g/mol. The first-order valence-electron chi connectivity index (χ1n) is 29.2. The van der Waals surface area contributed by atoms with E-state index in [4.69, 9.17) is 29.2 Å². The smallest absolute Gasteiger partial charge is 0.410 e. The predicted molar refractivity (Wildman–Crippen MR) is 341 cm³/mol. The number of ether oxygens (including phenoxy) is 3. The fraction of sp³-hybridized carbons (Fsp3) is 0.500. The van der Waals surface area contributed by atoms with Crippen molar-refractivity contribution in [3.63, 3.8) is 0 Å². The fourth-order valence-electron chi connectivity index (χ4n) is 11.0. The third kappa shape index (κ3) is 15.0. The molecule has 3 amide bonds. The van der Waals surface area contributed by atoms with E-state index in [-0.39, 0.29) is 36.0 Å². The summed E-state index contributed by atoms with van der Waals surface area (Å²) in [7, 11) is 5.75. The second-order valence-electron chi connectivity index (χ2n) is 25.4. The minimum Gasteiger partial charge on any atom is -0.444 e. The zero-order valence-electron chi connectivity index (χ0n) is 51.2. The molecule has 9 heterocycles. The van der Waals surface area contributed by atoms with E-state index in [0.29, 0.717) is 56.7 Å². The zero-order valence-corrected chi connectivity index (χ0v) is 56.0. The highest BCUT2D eigenvalue weighted by atomic mass is 79.9. The number of aromatic amines is 3. The quantitative estimate of drug-likeness (QED) is 0.131. The molecule has 12 rings (SSSR count). The van der Waals surface area contributed by atoms with Gasteiger partial charge in [-0.3, -0.25) is 29.3 Å². The van der Waals surface area contributed by atoms with Gasteiger partial charge < -0.3 is 28.9 Å². The van der Waals surface area contributed by atoms with Crippen LogP contribution in [0.5, 0.6) is 0 Å². The lowest BCUT2D eigenvalue weighted by Gasteiger charge is -2.33. The van der Waals surface area contributed by atoms with E-state index in [9.17, 15) is 14.4 Å². The Hall–Kier alpha value is -7.26. The van der Waals surface area contributed by atoms with Gasteiger partial charge in [-0.2, -0.15) is 30.6 Å². The van der Waals surface area contributed by atoms with Crippen LogP contribution in [0.25, 0.3) is 66.9 Å². The summed E-state index contributed by atoms with van der Waals surface area (Å²) in [5.41, 5.74) is 4.25. The van der Waals surface area contributed by atoms with Gasteiger partial charge in [0.05, 0.1) is 16.6 Å². The van der Waals surface area contributed by atoms with Crippen LogP contribution in [0.1, 0.15) is 136 Å². The number of halogens is 3. The number of carbonyl (C=O) groups is 3. The van der Waals surface area contributed by atoms with Gasteiger partial charge >= 0.3 is 18.3 Å². The lowest BCUT2D eigenvalue weighted by atomic mass is 9.97. The molecule has 3 aliphatic heterocycles. The predicted octanol–water partition coefficient (Wildman–Crippen LogP) is 12.7. The highest BCUT2D eigenvalue weighted by Gasteiger charge is 2.34. The molecular formula is C60H75Br3N18O6. The number of aromatic nitrogens is 15. The summed E-state index contributed by atoms with van der Waals surface area (Å²) in [5, 5.41) is 38.6. The van der Waals surface area contributed by atoms with Crippen LogP contribution in [0.4, 0.5) is 14.4 Å². The van der Waals surface area contributed by atoms with Gasteiger partial charge in [-0.05, 0) is 203 Å². The molecule has 3 fully saturated rings. The third-order valence-corrected chi connectivity index (χ3v) is 16.8. The Balaban J connectivity index is 0.000000145. The highest BCUT2D eigenvalue weighted by Crippen LogP contribution is 2.35. The van der Waals surface area contributed by atoms with Crippen molar-refractivity contribution in [2.45, 2.75) is 135 Å². The summed E-state index contributed by atoms with van der Waals surface area (Å²) in [6, 6.07) is 18.0. The molecule has 9 aromatic rings. The van der Waals surface area contributed by atoms with Crippen molar-refractivity contribution in [2.24, 2.45) is 21.1 Å². The van der Waals surface area contributed by atoms with Gasteiger partial charge in [-0.25, -0.2) is 29.3 Å². The van der Waals surface area contributed by atoms with E-state index in [1.807, 2.05) is 146 Å². The number of aryl methyl sites for hydroxylation is 3. The molecule has 87 heavy (non-hydrogen) atoms. The van der Waals surface area contributed by atoms with Crippen LogP contribution in [0.3, 0.4) is 0 Å². The van der Waals surface area contributed by atoms with Gasteiger partial charge in [0.1, 0.15) is 48.1 Å². The van der Waals surface area contributed by atoms with Crippen LogP contribution in [0, 0.1) is 0 Å². The van der Waals surface area contributed by atoms with Crippen molar-refractivity contribution in [1.82, 2.24) is 89.6 Å². The van der Waals surface area contributed by atoms with Crippen LogP contribution in [-0.4, -0.2) is 164 Å². The zero-order chi connectivity index (χ0) is 62.3. The summed E-state index contributed by atoms with van der Waals surface area (Å²) in [5.74, 6) is 4.83. The van der Waals surface area contributed by atoms with Gasteiger partial charge in [0.15, 0.2) is 17.5 Å². The Morgan fingerprint density at radius 1 is 0.483 bits per heavy atom.